The molecule has 0 unspecified atom stereocenters. The van der Waals surface area contributed by atoms with Crippen LogP contribution in [0.3, 0.4) is 0 Å². The van der Waals surface area contributed by atoms with Crippen molar-refractivity contribution in [3.8, 4) is 0 Å². The first-order valence-electron chi connectivity index (χ1n) is 5.16. The maximum absolute atomic E-state index is 5.84. The number of hydrogen-bond donors (Lipinski definition) is 1. The molecule has 3 nitrogen and oxygen atoms in total. The summed E-state index contributed by atoms with van der Waals surface area (Å²) < 4.78 is 0.970. The molecule has 0 amide bonds. The highest BCUT2D eigenvalue weighted by atomic mass is 79.9. The van der Waals surface area contributed by atoms with Gasteiger partial charge in [-0.1, -0.05) is 0 Å². The molecule has 0 saturated carbocycles. The molecule has 0 saturated heterocycles. The molecule has 1 atom stereocenters. The van der Waals surface area contributed by atoms with Gasteiger partial charge in [0.25, 0.3) is 0 Å². The van der Waals surface area contributed by atoms with Gasteiger partial charge in [-0.2, -0.15) is 0 Å². The van der Waals surface area contributed by atoms with Gasteiger partial charge in [-0.25, -0.2) is 9.97 Å². The second kappa shape index (κ2) is 5.62. The minimum Gasteiger partial charge on any atom is -0.324 e. The van der Waals surface area contributed by atoms with Crippen LogP contribution in [0.5, 0.6) is 0 Å². The van der Waals surface area contributed by atoms with Crippen molar-refractivity contribution in [2.75, 3.05) is 0 Å². The van der Waals surface area contributed by atoms with Gasteiger partial charge in [-0.15, -0.1) is 0 Å². The Labute approximate surface area is 113 Å². The van der Waals surface area contributed by atoms with E-state index in [0.29, 0.717) is 0 Å². The smallest absolute Gasteiger partial charge is 0.116 e. The summed E-state index contributed by atoms with van der Waals surface area (Å²) in [7, 11) is 0. The van der Waals surface area contributed by atoms with E-state index in [2.05, 4.69) is 25.9 Å². The molecule has 2 heterocycles. The van der Waals surface area contributed by atoms with Crippen LogP contribution >= 0.6 is 27.7 Å². The summed E-state index contributed by atoms with van der Waals surface area (Å²) in [6.07, 6.45) is 3.54. The van der Waals surface area contributed by atoms with Crippen molar-refractivity contribution in [2.45, 2.75) is 23.0 Å². The Hall–Kier alpha value is -0.910. The van der Waals surface area contributed by atoms with Crippen molar-refractivity contribution in [2.24, 2.45) is 5.73 Å². The normalized spacial score (nSPS) is 12.4. The van der Waals surface area contributed by atoms with Gasteiger partial charge in [0.15, 0.2) is 0 Å². The molecule has 0 aliphatic heterocycles. The molecule has 2 aromatic heterocycles. The first-order chi connectivity index (χ1) is 8.16. The van der Waals surface area contributed by atoms with Crippen LogP contribution in [-0.4, -0.2) is 9.97 Å². The second-order valence-corrected chi connectivity index (χ2v) is 5.47. The van der Waals surface area contributed by atoms with Crippen LogP contribution in [0.4, 0.5) is 0 Å². The highest BCUT2D eigenvalue weighted by molar-refractivity contribution is 9.10. The molecular formula is C12H12BrN3S. The van der Waals surface area contributed by atoms with Crippen LogP contribution in [0.2, 0.25) is 0 Å². The van der Waals surface area contributed by atoms with Crippen LogP contribution < -0.4 is 5.73 Å². The first-order valence-corrected chi connectivity index (χ1v) is 6.77. The molecule has 0 bridgehead atoms. The standard InChI is InChI=1S/C12H12BrN3S/c1-8(14)9-4-6-15-11(7-9)17-12-10(13)3-2-5-16-12/h2-8H,14H2,1H3/t8-/m0/s1. The highest BCUT2D eigenvalue weighted by Gasteiger charge is 2.06. The van der Waals surface area contributed by atoms with E-state index in [1.54, 1.807) is 12.4 Å². The third-order valence-electron chi connectivity index (χ3n) is 2.21. The Kier molecular flexibility index (Phi) is 4.15. The lowest BCUT2D eigenvalue weighted by atomic mass is 10.1. The average Bonchev–Trinajstić information content (AvgIpc) is 2.32. The maximum Gasteiger partial charge on any atom is 0.116 e. The molecule has 0 aliphatic carbocycles. The third-order valence-corrected chi connectivity index (χ3v) is 4.06. The van der Waals surface area contributed by atoms with Gasteiger partial charge in [-0.05, 0) is 64.4 Å². The number of halogens is 1. The highest BCUT2D eigenvalue weighted by Crippen LogP contribution is 2.30. The Balaban J connectivity index is 2.25. The summed E-state index contributed by atoms with van der Waals surface area (Å²) in [6.45, 7) is 1.96. The average molecular weight is 310 g/mol. The van der Waals surface area contributed by atoms with E-state index in [1.807, 2.05) is 31.2 Å². The fourth-order valence-electron chi connectivity index (χ4n) is 1.31. The Bertz CT molecular complexity index is 517. The van der Waals surface area contributed by atoms with Crippen LogP contribution in [0.25, 0.3) is 0 Å². The number of pyridine rings is 2. The van der Waals surface area contributed by atoms with E-state index >= 15 is 0 Å². The van der Waals surface area contributed by atoms with Crippen molar-refractivity contribution < 1.29 is 0 Å². The maximum atomic E-state index is 5.84. The summed E-state index contributed by atoms with van der Waals surface area (Å²) in [6, 6.07) is 7.80. The van der Waals surface area contributed by atoms with Crippen LogP contribution in [0.1, 0.15) is 18.5 Å². The van der Waals surface area contributed by atoms with E-state index in [9.17, 15) is 0 Å². The predicted molar refractivity (Wildman–Crippen MR) is 72.9 cm³/mol. The molecule has 5 heteroatoms. The minimum absolute atomic E-state index is 0.0181. The quantitative estimate of drug-likeness (QED) is 0.944. The topological polar surface area (TPSA) is 51.8 Å². The largest absolute Gasteiger partial charge is 0.324 e. The summed E-state index contributed by atoms with van der Waals surface area (Å²) in [4.78, 5) is 8.60. The molecular weight excluding hydrogens is 298 g/mol. The molecule has 0 radical (unpaired) electrons. The van der Waals surface area contributed by atoms with Crippen molar-refractivity contribution in [3.63, 3.8) is 0 Å². The van der Waals surface area contributed by atoms with Crippen LogP contribution in [-0.2, 0) is 0 Å². The fourth-order valence-corrected chi connectivity index (χ4v) is 2.59. The second-order valence-electron chi connectivity index (χ2n) is 3.61. The lowest BCUT2D eigenvalue weighted by Gasteiger charge is -2.07. The van der Waals surface area contributed by atoms with Gasteiger partial charge in [0, 0.05) is 18.4 Å². The van der Waals surface area contributed by atoms with E-state index in [4.69, 9.17) is 5.73 Å². The van der Waals surface area contributed by atoms with Gasteiger partial charge in [0.1, 0.15) is 10.1 Å². The number of hydrogen-bond acceptors (Lipinski definition) is 4. The number of aromatic nitrogens is 2. The number of nitrogens with zero attached hydrogens (tertiary/aromatic N) is 2. The van der Waals surface area contributed by atoms with E-state index in [1.165, 1.54) is 11.8 Å². The minimum atomic E-state index is 0.0181. The monoisotopic (exact) mass is 309 g/mol. The van der Waals surface area contributed by atoms with Gasteiger partial charge >= 0.3 is 0 Å². The van der Waals surface area contributed by atoms with Crippen molar-refractivity contribution in [1.29, 1.82) is 0 Å². The SMILES string of the molecule is C[C@H](N)c1ccnc(Sc2ncccc2Br)c1. The molecule has 0 aliphatic rings. The third kappa shape index (κ3) is 3.28. The van der Waals surface area contributed by atoms with Gasteiger partial charge in [0.2, 0.25) is 0 Å². The van der Waals surface area contributed by atoms with E-state index < -0.39 is 0 Å². The zero-order valence-corrected chi connectivity index (χ0v) is 11.7. The van der Waals surface area contributed by atoms with Gasteiger partial charge in [0.05, 0.1) is 4.47 Å². The molecule has 2 rings (SSSR count). The molecule has 2 aromatic rings. The number of nitrogens with two attached hydrogens (primary N) is 1. The first kappa shape index (κ1) is 12.5. The zero-order chi connectivity index (χ0) is 12.3. The summed E-state index contributed by atoms with van der Waals surface area (Å²) >= 11 is 4.99. The zero-order valence-electron chi connectivity index (χ0n) is 9.30. The van der Waals surface area contributed by atoms with Crippen LogP contribution in [0.15, 0.2) is 51.2 Å². The molecule has 88 valence electrons. The van der Waals surface area contributed by atoms with Crippen molar-refractivity contribution in [3.05, 3.63) is 46.7 Å². The van der Waals surface area contributed by atoms with E-state index in [-0.39, 0.29) is 6.04 Å². The van der Waals surface area contributed by atoms with Gasteiger partial charge in [-0.3, -0.25) is 0 Å². The molecule has 0 spiro atoms. The molecule has 0 fully saturated rings. The predicted octanol–water partition coefficient (Wildman–Crippen LogP) is 3.41. The Morgan fingerprint density at radius 1 is 1.29 bits per heavy atom. The number of rotatable bonds is 3. The van der Waals surface area contributed by atoms with Crippen LogP contribution in [0, 0.1) is 0 Å². The van der Waals surface area contributed by atoms with Crippen molar-refractivity contribution in [1.82, 2.24) is 9.97 Å². The fraction of sp³-hybridized carbons (Fsp3) is 0.167. The summed E-state index contributed by atoms with van der Waals surface area (Å²) in [5.41, 5.74) is 6.92. The van der Waals surface area contributed by atoms with Gasteiger partial charge < -0.3 is 5.73 Å². The lowest BCUT2D eigenvalue weighted by Crippen LogP contribution is -2.04. The lowest BCUT2D eigenvalue weighted by molar-refractivity contribution is 0.808. The Morgan fingerprint density at radius 3 is 2.82 bits per heavy atom. The van der Waals surface area contributed by atoms with Crippen molar-refractivity contribution >= 4 is 27.7 Å². The molecule has 2 N–H and O–H groups in total. The summed E-state index contributed by atoms with van der Waals surface area (Å²) in [5.74, 6) is 0. The molecule has 17 heavy (non-hydrogen) atoms. The van der Waals surface area contributed by atoms with E-state index in [0.717, 1.165) is 20.1 Å². The Morgan fingerprint density at radius 2 is 2.12 bits per heavy atom. The summed E-state index contributed by atoms with van der Waals surface area (Å²) in [5, 5.41) is 1.81. The molecule has 0 aromatic carbocycles.